The SMILES string of the molecule is CC(Nc1ccnn2ccnc12)c1cc2cccc(-c3cnn(C)c3)c2c(=O)n1-c1cccc(F)c1. The van der Waals surface area contributed by atoms with Gasteiger partial charge in [-0.2, -0.15) is 10.2 Å². The Hall–Kier alpha value is -4.79. The molecule has 4 aromatic heterocycles. The fraction of sp³-hybridized carbons (Fsp3) is 0.111. The first kappa shape index (κ1) is 21.7. The highest BCUT2D eigenvalue weighted by atomic mass is 19.1. The lowest BCUT2D eigenvalue weighted by Gasteiger charge is -2.22. The second-order valence-corrected chi connectivity index (χ2v) is 8.67. The van der Waals surface area contributed by atoms with Crippen LogP contribution in [0.15, 0.2) is 90.4 Å². The van der Waals surface area contributed by atoms with E-state index in [9.17, 15) is 9.18 Å². The average Bonchev–Trinajstić information content (AvgIpc) is 3.53. The topological polar surface area (TPSA) is 82.0 Å². The number of hydrogen-bond donors (Lipinski definition) is 1. The monoisotopic (exact) mass is 479 g/mol. The molecule has 0 aliphatic carbocycles. The van der Waals surface area contributed by atoms with Gasteiger partial charge in [0.15, 0.2) is 5.65 Å². The van der Waals surface area contributed by atoms with Crippen molar-refractivity contribution >= 4 is 22.1 Å². The van der Waals surface area contributed by atoms with Crippen LogP contribution in [0.4, 0.5) is 10.1 Å². The molecular weight excluding hydrogens is 457 g/mol. The molecule has 0 spiro atoms. The molecule has 4 heterocycles. The summed E-state index contributed by atoms with van der Waals surface area (Å²) in [6.45, 7) is 1.96. The van der Waals surface area contributed by atoms with Crippen molar-refractivity contribution in [3.8, 4) is 16.8 Å². The Morgan fingerprint density at radius 3 is 2.69 bits per heavy atom. The molecule has 9 heteroatoms. The lowest BCUT2D eigenvalue weighted by molar-refractivity contribution is 0.625. The Morgan fingerprint density at radius 1 is 1.03 bits per heavy atom. The molecule has 0 fully saturated rings. The van der Waals surface area contributed by atoms with Crippen LogP contribution in [0.1, 0.15) is 18.7 Å². The van der Waals surface area contributed by atoms with Crippen LogP contribution < -0.4 is 10.9 Å². The third kappa shape index (κ3) is 3.61. The van der Waals surface area contributed by atoms with E-state index in [0.29, 0.717) is 22.4 Å². The predicted octanol–water partition coefficient (Wildman–Crippen LogP) is 4.75. The van der Waals surface area contributed by atoms with Crippen molar-refractivity contribution < 1.29 is 4.39 Å². The molecule has 0 bridgehead atoms. The summed E-state index contributed by atoms with van der Waals surface area (Å²) in [6, 6.07) is 15.3. The number of aryl methyl sites for hydroxylation is 1. The first-order chi connectivity index (χ1) is 17.5. The summed E-state index contributed by atoms with van der Waals surface area (Å²) >= 11 is 0. The van der Waals surface area contributed by atoms with E-state index < -0.39 is 5.82 Å². The van der Waals surface area contributed by atoms with Crippen LogP contribution in [0.2, 0.25) is 0 Å². The summed E-state index contributed by atoms with van der Waals surface area (Å²) in [4.78, 5) is 18.5. The van der Waals surface area contributed by atoms with Crippen LogP contribution in [0.25, 0.3) is 33.2 Å². The number of nitrogens with one attached hydrogen (secondary N) is 1. The van der Waals surface area contributed by atoms with Gasteiger partial charge < -0.3 is 5.32 Å². The van der Waals surface area contributed by atoms with E-state index in [0.717, 1.165) is 22.2 Å². The number of rotatable bonds is 5. The minimum absolute atomic E-state index is 0.234. The number of pyridine rings is 1. The molecule has 178 valence electrons. The number of imidazole rings is 1. The summed E-state index contributed by atoms with van der Waals surface area (Å²) < 4.78 is 19.3. The van der Waals surface area contributed by atoms with E-state index in [4.69, 9.17) is 0 Å². The van der Waals surface area contributed by atoms with Gasteiger partial charge in [0.1, 0.15) is 5.82 Å². The Labute approximate surface area is 205 Å². The molecule has 36 heavy (non-hydrogen) atoms. The second kappa shape index (κ2) is 8.46. The minimum atomic E-state index is -0.417. The molecule has 0 saturated carbocycles. The molecule has 2 aromatic carbocycles. The molecular formula is C27H22FN7O. The molecule has 1 unspecified atom stereocenters. The second-order valence-electron chi connectivity index (χ2n) is 8.67. The Bertz CT molecular complexity index is 1800. The summed E-state index contributed by atoms with van der Waals surface area (Å²) in [7, 11) is 1.83. The smallest absolute Gasteiger partial charge is 0.263 e. The number of fused-ring (bicyclic) bond motifs is 2. The van der Waals surface area contributed by atoms with Gasteiger partial charge in [-0.05, 0) is 48.2 Å². The third-order valence-corrected chi connectivity index (χ3v) is 6.27. The first-order valence-corrected chi connectivity index (χ1v) is 11.5. The molecule has 0 saturated heterocycles. The van der Waals surface area contributed by atoms with Gasteiger partial charge in [-0.15, -0.1) is 0 Å². The largest absolute Gasteiger partial charge is 0.374 e. The summed E-state index contributed by atoms with van der Waals surface area (Å²) in [6.07, 6.45) is 8.74. The van der Waals surface area contributed by atoms with Crippen LogP contribution in [0.3, 0.4) is 0 Å². The van der Waals surface area contributed by atoms with Crippen LogP contribution >= 0.6 is 0 Å². The maximum atomic E-state index is 14.3. The summed E-state index contributed by atoms with van der Waals surface area (Å²) in [5.74, 6) is -0.417. The summed E-state index contributed by atoms with van der Waals surface area (Å²) in [5.41, 5.74) is 3.95. The number of nitrogens with zero attached hydrogens (tertiary/aromatic N) is 6. The minimum Gasteiger partial charge on any atom is -0.374 e. The van der Waals surface area contributed by atoms with Gasteiger partial charge in [0.05, 0.1) is 35.2 Å². The van der Waals surface area contributed by atoms with Crippen LogP contribution in [-0.4, -0.2) is 28.9 Å². The van der Waals surface area contributed by atoms with E-state index in [1.54, 1.807) is 50.7 Å². The molecule has 6 rings (SSSR count). The fourth-order valence-corrected chi connectivity index (χ4v) is 4.64. The lowest BCUT2D eigenvalue weighted by atomic mass is 9.99. The standard InChI is InChI=1S/C27H22FN7O/c1-17(32-23-9-10-30-34-12-11-29-26(23)34)24-13-18-5-3-8-22(19-15-31-33(2)16-19)25(18)27(36)35(24)21-7-4-6-20(28)14-21/h3-17,32H,1-2H3. The number of hydrogen-bond acceptors (Lipinski definition) is 5. The molecule has 0 radical (unpaired) electrons. The van der Waals surface area contributed by atoms with Crippen molar-refractivity contribution in [1.29, 1.82) is 0 Å². The highest BCUT2D eigenvalue weighted by molar-refractivity contribution is 5.96. The van der Waals surface area contributed by atoms with Gasteiger partial charge in [0.2, 0.25) is 0 Å². The highest BCUT2D eigenvalue weighted by Gasteiger charge is 2.20. The van der Waals surface area contributed by atoms with Crippen LogP contribution in [0, 0.1) is 5.82 Å². The molecule has 1 N–H and O–H groups in total. The molecule has 0 aliphatic heterocycles. The van der Waals surface area contributed by atoms with Gasteiger partial charge in [0.25, 0.3) is 5.56 Å². The van der Waals surface area contributed by atoms with Crippen molar-refractivity contribution in [2.45, 2.75) is 13.0 Å². The maximum absolute atomic E-state index is 14.3. The quantitative estimate of drug-likeness (QED) is 0.386. The van der Waals surface area contributed by atoms with E-state index in [1.165, 1.54) is 12.1 Å². The van der Waals surface area contributed by atoms with E-state index >= 15 is 0 Å². The normalized spacial score (nSPS) is 12.3. The van der Waals surface area contributed by atoms with Crippen molar-refractivity contribution in [3.63, 3.8) is 0 Å². The molecule has 8 nitrogen and oxygen atoms in total. The Morgan fingerprint density at radius 2 is 1.89 bits per heavy atom. The molecule has 0 amide bonds. The first-order valence-electron chi connectivity index (χ1n) is 11.5. The zero-order valence-corrected chi connectivity index (χ0v) is 19.6. The van der Waals surface area contributed by atoms with E-state index in [1.807, 2.05) is 50.5 Å². The van der Waals surface area contributed by atoms with Gasteiger partial charge in [-0.25, -0.2) is 13.9 Å². The third-order valence-electron chi connectivity index (χ3n) is 6.27. The predicted molar refractivity (Wildman–Crippen MR) is 137 cm³/mol. The van der Waals surface area contributed by atoms with Crippen molar-refractivity contribution in [2.24, 2.45) is 7.05 Å². The lowest BCUT2D eigenvalue weighted by Crippen LogP contribution is -2.26. The maximum Gasteiger partial charge on any atom is 0.263 e. The summed E-state index contributed by atoms with van der Waals surface area (Å²) in [5, 5.41) is 13.3. The van der Waals surface area contributed by atoms with E-state index in [2.05, 4.69) is 20.5 Å². The average molecular weight is 480 g/mol. The Balaban J connectivity index is 1.59. The van der Waals surface area contributed by atoms with Gasteiger partial charge >= 0.3 is 0 Å². The van der Waals surface area contributed by atoms with Crippen molar-refractivity contribution in [1.82, 2.24) is 28.9 Å². The molecule has 0 aliphatic rings. The molecule has 6 aromatic rings. The van der Waals surface area contributed by atoms with Crippen molar-refractivity contribution in [3.05, 3.63) is 107 Å². The number of halogens is 1. The zero-order valence-electron chi connectivity index (χ0n) is 19.6. The fourth-order valence-electron chi connectivity index (χ4n) is 4.64. The number of aromatic nitrogens is 6. The number of benzene rings is 2. The zero-order chi connectivity index (χ0) is 24.8. The number of anilines is 1. The Kier molecular flexibility index (Phi) is 5.10. The van der Waals surface area contributed by atoms with Crippen LogP contribution in [0.5, 0.6) is 0 Å². The van der Waals surface area contributed by atoms with Gasteiger partial charge in [-0.1, -0.05) is 24.3 Å². The highest BCUT2D eigenvalue weighted by Crippen LogP contribution is 2.30. The molecule has 1 atom stereocenters. The van der Waals surface area contributed by atoms with Gasteiger partial charge in [-0.3, -0.25) is 14.0 Å². The van der Waals surface area contributed by atoms with E-state index in [-0.39, 0.29) is 11.6 Å². The van der Waals surface area contributed by atoms with Crippen molar-refractivity contribution in [2.75, 3.05) is 5.32 Å². The van der Waals surface area contributed by atoms with Gasteiger partial charge in [0, 0.05) is 36.9 Å². The van der Waals surface area contributed by atoms with Crippen LogP contribution in [-0.2, 0) is 7.05 Å².